The first-order chi connectivity index (χ1) is 8.65. The Kier molecular flexibility index (Phi) is 4.08. The van der Waals surface area contributed by atoms with Crippen molar-refractivity contribution in [3.8, 4) is 0 Å². The molecule has 0 aliphatic heterocycles. The number of hydrogen-bond donors (Lipinski definition) is 1. The van der Waals surface area contributed by atoms with Crippen molar-refractivity contribution in [2.75, 3.05) is 20.1 Å². The van der Waals surface area contributed by atoms with Gasteiger partial charge in [0.25, 0.3) is 0 Å². The fourth-order valence-corrected chi connectivity index (χ4v) is 3.41. The Morgan fingerprint density at radius 1 is 1.39 bits per heavy atom. The lowest BCUT2D eigenvalue weighted by atomic mass is 9.71. The van der Waals surface area contributed by atoms with Crippen LogP contribution in [0.2, 0.25) is 0 Å². The molecule has 0 spiro atoms. The van der Waals surface area contributed by atoms with Crippen LogP contribution in [0.4, 0.5) is 0 Å². The van der Waals surface area contributed by atoms with Gasteiger partial charge in [0.15, 0.2) is 0 Å². The number of rotatable bonds is 4. The molecule has 2 N–H and O–H groups in total. The quantitative estimate of drug-likeness (QED) is 0.884. The second-order valence-corrected chi connectivity index (χ2v) is 5.68. The zero-order chi connectivity index (χ0) is 13.2. The Morgan fingerprint density at radius 3 is 2.78 bits per heavy atom. The molecule has 1 aromatic rings. The van der Waals surface area contributed by atoms with E-state index in [2.05, 4.69) is 50.1 Å². The van der Waals surface area contributed by atoms with E-state index in [0.29, 0.717) is 12.5 Å². The van der Waals surface area contributed by atoms with Crippen LogP contribution in [0.5, 0.6) is 0 Å². The van der Waals surface area contributed by atoms with Crippen molar-refractivity contribution in [3.63, 3.8) is 0 Å². The van der Waals surface area contributed by atoms with E-state index in [1.165, 1.54) is 30.4 Å². The summed E-state index contributed by atoms with van der Waals surface area (Å²) in [5.41, 5.74) is 9.20. The summed E-state index contributed by atoms with van der Waals surface area (Å²) in [6.07, 6.45) is 3.59. The molecule has 1 aliphatic carbocycles. The molecule has 100 valence electrons. The zero-order valence-electron chi connectivity index (χ0n) is 11.9. The van der Waals surface area contributed by atoms with E-state index in [1.807, 2.05) is 0 Å². The van der Waals surface area contributed by atoms with Crippen molar-refractivity contribution in [2.45, 2.75) is 44.6 Å². The molecule has 2 heteroatoms. The van der Waals surface area contributed by atoms with Gasteiger partial charge in [0.1, 0.15) is 0 Å². The van der Waals surface area contributed by atoms with Gasteiger partial charge in [0.05, 0.1) is 5.54 Å². The van der Waals surface area contributed by atoms with E-state index in [-0.39, 0.29) is 5.54 Å². The van der Waals surface area contributed by atoms with Crippen LogP contribution < -0.4 is 5.73 Å². The average Bonchev–Trinajstić information content (AvgIpc) is 2.40. The molecular formula is C16H26N2. The molecule has 1 aliphatic rings. The SMILES string of the molecule is CCCN(C)C1(CN)CCC(C)c2ccccc21. The highest BCUT2D eigenvalue weighted by atomic mass is 15.2. The average molecular weight is 246 g/mol. The Labute approximate surface area is 111 Å². The fraction of sp³-hybridized carbons (Fsp3) is 0.625. The van der Waals surface area contributed by atoms with Gasteiger partial charge < -0.3 is 5.73 Å². The Morgan fingerprint density at radius 2 is 2.11 bits per heavy atom. The summed E-state index contributed by atoms with van der Waals surface area (Å²) >= 11 is 0. The lowest BCUT2D eigenvalue weighted by Crippen LogP contribution is -2.51. The minimum absolute atomic E-state index is 0.0547. The summed E-state index contributed by atoms with van der Waals surface area (Å²) in [5, 5.41) is 0. The highest BCUT2D eigenvalue weighted by molar-refractivity contribution is 5.39. The number of hydrogen-bond acceptors (Lipinski definition) is 2. The number of nitrogens with zero attached hydrogens (tertiary/aromatic N) is 1. The third-order valence-electron chi connectivity index (χ3n) is 4.61. The standard InChI is InChI=1S/C16H26N2/c1-4-11-18(3)16(12-17)10-9-13(2)14-7-5-6-8-15(14)16/h5-8,13H,4,9-12,17H2,1-3H3. The van der Waals surface area contributed by atoms with Crippen LogP contribution in [0.3, 0.4) is 0 Å². The van der Waals surface area contributed by atoms with E-state index in [9.17, 15) is 0 Å². The van der Waals surface area contributed by atoms with Crippen LogP contribution in [0.1, 0.15) is 50.2 Å². The molecule has 0 radical (unpaired) electrons. The summed E-state index contributed by atoms with van der Waals surface area (Å²) in [5.74, 6) is 0.663. The van der Waals surface area contributed by atoms with Crippen molar-refractivity contribution < 1.29 is 0 Å². The van der Waals surface area contributed by atoms with Crippen molar-refractivity contribution in [3.05, 3.63) is 35.4 Å². The molecule has 0 bridgehead atoms. The molecule has 0 saturated heterocycles. The van der Waals surface area contributed by atoms with Gasteiger partial charge in [-0.3, -0.25) is 4.90 Å². The van der Waals surface area contributed by atoms with Gasteiger partial charge >= 0.3 is 0 Å². The van der Waals surface area contributed by atoms with Gasteiger partial charge in [0.2, 0.25) is 0 Å². The summed E-state index contributed by atoms with van der Waals surface area (Å²) in [4.78, 5) is 2.47. The minimum Gasteiger partial charge on any atom is -0.328 e. The Balaban J connectivity index is 2.46. The predicted molar refractivity (Wildman–Crippen MR) is 77.7 cm³/mol. The van der Waals surface area contributed by atoms with Gasteiger partial charge in [-0.1, -0.05) is 38.1 Å². The normalized spacial score (nSPS) is 27.3. The first-order valence-electron chi connectivity index (χ1n) is 7.16. The summed E-state index contributed by atoms with van der Waals surface area (Å²) < 4.78 is 0. The van der Waals surface area contributed by atoms with Gasteiger partial charge in [0, 0.05) is 6.54 Å². The molecule has 0 amide bonds. The lowest BCUT2D eigenvalue weighted by Gasteiger charge is -2.47. The van der Waals surface area contributed by atoms with Crippen molar-refractivity contribution in [1.29, 1.82) is 0 Å². The van der Waals surface area contributed by atoms with E-state index in [4.69, 9.17) is 5.73 Å². The third kappa shape index (κ3) is 2.08. The largest absolute Gasteiger partial charge is 0.328 e. The van der Waals surface area contributed by atoms with Gasteiger partial charge in [-0.2, -0.15) is 0 Å². The third-order valence-corrected chi connectivity index (χ3v) is 4.61. The lowest BCUT2D eigenvalue weighted by molar-refractivity contribution is 0.0997. The zero-order valence-corrected chi connectivity index (χ0v) is 11.9. The Hall–Kier alpha value is -0.860. The summed E-state index contributed by atoms with van der Waals surface area (Å²) in [6, 6.07) is 8.87. The van der Waals surface area contributed by atoms with Crippen LogP contribution in [-0.2, 0) is 5.54 Å². The predicted octanol–water partition coefficient (Wildman–Crippen LogP) is 3.08. The molecule has 2 rings (SSSR count). The monoisotopic (exact) mass is 246 g/mol. The van der Waals surface area contributed by atoms with E-state index in [0.717, 1.165) is 6.54 Å². The second-order valence-electron chi connectivity index (χ2n) is 5.68. The van der Waals surface area contributed by atoms with Gasteiger partial charge in [-0.05, 0) is 49.9 Å². The van der Waals surface area contributed by atoms with Crippen molar-refractivity contribution >= 4 is 0 Å². The molecule has 18 heavy (non-hydrogen) atoms. The van der Waals surface area contributed by atoms with E-state index < -0.39 is 0 Å². The summed E-state index contributed by atoms with van der Waals surface area (Å²) in [6.45, 7) is 6.39. The van der Waals surface area contributed by atoms with Crippen molar-refractivity contribution in [1.82, 2.24) is 4.90 Å². The molecule has 0 saturated carbocycles. The first-order valence-corrected chi connectivity index (χ1v) is 7.16. The second kappa shape index (κ2) is 5.41. The smallest absolute Gasteiger partial charge is 0.0584 e. The van der Waals surface area contributed by atoms with Crippen LogP contribution in [0, 0.1) is 0 Å². The molecular weight excluding hydrogens is 220 g/mol. The Bertz CT molecular complexity index is 402. The minimum atomic E-state index is 0.0547. The van der Waals surface area contributed by atoms with Gasteiger partial charge in [-0.15, -0.1) is 0 Å². The number of nitrogens with two attached hydrogens (primary N) is 1. The maximum Gasteiger partial charge on any atom is 0.0584 e. The molecule has 2 nitrogen and oxygen atoms in total. The molecule has 0 aromatic heterocycles. The highest BCUT2D eigenvalue weighted by Gasteiger charge is 2.40. The van der Waals surface area contributed by atoms with Gasteiger partial charge in [-0.25, -0.2) is 0 Å². The summed E-state index contributed by atoms with van der Waals surface area (Å²) in [7, 11) is 2.23. The maximum absolute atomic E-state index is 6.19. The van der Waals surface area contributed by atoms with E-state index >= 15 is 0 Å². The highest BCUT2D eigenvalue weighted by Crippen LogP contribution is 2.43. The fourth-order valence-electron chi connectivity index (χ4n) is 3.41. The van der Waals surface area contributed by atoms with Crippen LogP contribution in [0.25, 0.3) is 0 Å². The number of fused-ring (bicyclic) bond motifs is 1. The van der Waals surface area contributed by atoms with E-state index in [1.54, 1.807) is 0 Å². The number of benzene rings is 1. The molecule has 0 heterocycles. The van der Waals surface area contributed by atoms with Crippen LogP contribution in [-0.4, -0.2) is 25.0 Å². The molecule has 1 aromatic carbocycles. The molecule has 2 atom stereocenters. The molecule has 0 fully saturated rings. The van der Waals surface area contributed by atoms with Crippen LogP contribution in [0.15, 0.2) is 24.3 Å². The van der Waals surface area contributed by atoms with Crippen molar-refractivity contribution in [2.24, 2.45) is 5.73 Å². The number of likely N-dealkylation sites (N-methyl/N-ethyl adjacent to an activating group) is 1. The maximum atomic E-state index is 6.19. The topological polar surface area (TPSA) is 29.3 Å². The first kappa shape index (κ1) is 13.6. The molecule has 2 unspecified atom stereocenters. The van der Waals surface area contributed by atoms with Crippen LogP contribution >= 0.6 is 0 Å².